The van der Waals surface area contributed by atoms with E-state index in [0.717, 1.165) is 0 Å². The summed E-state index contributed by atoms with van der Waals surface area (Å²) in [6.45, 7) is 6.12. The van der Waals surface area contributed by atoms with Crippen LogP contribution in [-0.2, 0) is 4.74 Å². The molecular weight excluding hydrogens is 180 g/mol. The van der Waals surface area contributed by atoms with Gasteiger partial charge in [-0.3, -0.25) is 4.79 Å². The van der Waals surface area contributed by atoms with Crippen molar-refractivity contribution in [1.29, 1.82) is 0 Å². The van der Waals surface area contributed by atoms with Gasteiger partial charge in [0.1, 0.15) is 5.60 Å². The van der Waals surface area contributed by atoms with Crippen molar-refractivity contribution < 1.29 is 13.9 Å². The molecule has 1 unspecified atom stereocenters. The zero-order valence-corrected chi connectivity index (χ0v) is 8.87. The van der Waals surface area contributed by atoms with Gasteiger partial charge in [-0.1, -0.05) is 6.92 Å². The van der Waals surface area contributed by atoms with Crippen LogP contribution in [0.15, 0.2) is 22.8 Å². The van der Waals surface area contributed by atoms with E-state index in [9.17, 15) is 4.79 Å². The highest BCUT2D eigenvalue weighted by Crippen LogP contribution is 2.21. The molecule has 78 valence electrons. The number of hydrogen-bond acceptors (Lipinski definition) is 3. The van der Waals surface area contributed by atoms with Crippen LogP contribution < -0.4 is 0 Å². The van der Waals surface area contributed by atoms with E-state index < -0.39 is 5.60 Å². The number of ketones is 1. The maximum atomic E-state index is 11.9. The summed E-state index contributed by atoms with van der Waals surface area (Å²) in [5.41, 5.74) is -0.757. The van der Waals surface area contributed by atoms with Crippen molar-refractivity contribution in [2.45, 2.75) is 32.8 Å². The van der Waals surface area contributed by atoms with Crippen molar-refractivity contribution in [2.24, 2.45) is 0 Å². The average molecular weight is 196 g/mol. The lowest BCUT2D eigenvalue weighted by Crippen LogP contribution is -2.37. The largest absolute Gasteiger partial charge is 0.461 e. The first kappa shape index (κ1) is 11.0. The van der Waals surface area contributed by atoms with Gasteiger partial charge in [0.15, 0.2) is 5.76 Å². The summed E-state index contributed by atoms with van der Waals surface area (Å²) in [4.78, 5) is 11.9. The zero-order chi connectivity index (χ0) is 10.6. The SMILES string of the molecule is CCOC(C)(CC)C(=O)c1ccco1. The molecule has 1 aromatic heterocycles. The Morgan fingerprint density at radius 3 is 2.71 bits per heavy atom. The number of furan rings is 1. The van der Waals surface area contributed by atoms with E-state index in [1.165, 1.54) is 6.26 Å². The molecule has 0 aliphatic carbocycles. The van der Waals surface area contributed by atoms with Crippen molar-refractivity contribution in [2.75, 3.05) is 6.61 Å². The molecule has 0 radical (unpaired) electrons. The average Bonchev–Trinajstić information content (AvgIpc) is 2.69. The summed E-state index contributed by atoms with van der Waals surface area (Å²) in [5.74, 6) is 0.273. The second kappa shape index (κ2) is 4.42. The Bertz CT molecular complexity index is 289. The highest BCUT2D eigenvalue weighted by molar-refractivity contribution is 5.99. The number of Topliss-reactive ketones (excluding diaryl/α,β-unsaturated/α-hetero) is 1. The number of carbonyl (C=O) groups excluding carboxylic acids is 1. The predicted molar refractivity (Wildman–Crippen MR) is 53.4 cm³/mol. The van der Waals surface area contributed by atoms with Crippen LogP contribution in [0.2, 0.25) is 0 Å². The molecule has 14 heavy (non-hydrogen) atoms. The lowest BCUT2D eigenvalue weighted by Gasteiger charge is -2.25. The summed E-state index contributed by atoms with van der Waals surface area (Å²) in [6.07, 6.45) is 2.13. The van der Waals surface area contributed by atoms with Crippen molar-refractivity contribution in [1.82, 2.24) is 0 Å². The fourth-order valence-electron chi connectivity index (χ4n) is 1.32. The molecule has 0 saturated heterocycles. The fraction of sp³-hybridized carbons (Fsp3) is 0.545. The number of rotatable bonds is 5. The van der Waals surface area contributed by atoms with Gasteiger partial charge in [-0.2, -0.15) is 0 Å². The van der Waals surface area contributed by atoms with Crippen LogP contribution in [0, 0.1) is 0 Å². The van der Waals surface area contributed by atoms with Crippen LogP contribution in [0.4, 0.5) is 0 Å². The molecule has 1 heterocycles. The smallest absolute Gasteiger partial charge is 0.229 e. The molecule has 1 rings (SSSR count). The Kier molecular flexibility index (Phi) is 3.47. The minimum atomic E-state index is -0.757. The molecule has 0 N–H and O–H groups in total. The third-order valence-corrected chi connectivity index (χ3v) is 2.36. The van der Waals surface area contributed by atoms with Gasteiger partial charge in [-0.25, -0.2) is 0 Å². The predicted octanol–water partition coefficient (Wildman–Crippen LogP) is 2.67. The lowest BCUT2D eigenvalue weighted by molar-refractivity contribution is -0.0133. The minimum Gasteiger partial charge on any atom is -0.461 e. The van der Waals surface area contributed by atoms with Gasteiger partial charge in [0.2, 0.25) is 5.78 Å². The molecular formula is C11H16O3. The molecule has 3 heteroatoms. The van der Waals surface area contributed by atoms with Gasteiger partial charge >= 0.3 is 0 Å². The molecule has 0 fully saturated rings. The van der Waals surface area contributed by atoms with Gasteiger partial charge in [-0.15, -0.1) is 0 Å². The fourth-order valence-corrected chi connectivity index (χ4v) is 1.32. The maximum Gasteiger partial charge on any atom is 0.229 e. The Balaban J connectivity index is 2.85. The van der Waals surface area contributed by atoms with Crippen LogP contribution >= 0.6 is 0 Å². The van der Waals surface area contributed by atoms with E-state index in [4.69, 9.17) is 9.15 Å². The van der Waals surface area contributed by atoms with Crippen LogP contribution in [0.25, 0.3) is 0 Å². The minimum absolute atomic E-state index is 0.0909. The van der Waals surface area contributed by atoms with Gasteiger partial charge in [0.05, 0.1) is 6.26 Å². The molecule has 3 nitrogen and oxygen atoms in total. The Hall–Kier alpha value is -1.09. The van der Waals surface area contributed by atoms with E-state index in [0.29, 0.717) is 18.8 Å². The Morgan fingerprint density at radius 2 is 2.29 bits per heavy atom. The first-order chi connectivity index (χ1) is 6.64. The van der Waals surface area contributed by atoms with Gasteiger partial charge in [-0.05, 0) is 32.4 Å². The van der Waals surface area contributed by atoms with E-state index in [1.807, 2.05) is 13.8 Å². The van der Waals surface area contributed by atoms with E-state index in [-0.39, 0.29) is 5.78 Å². The molecule has 0 saturated carbocycles. The monoisotopic (exact) mass is 196 g/mol. The lowest BCUT2D eigenvalue weighted by atomic mass is 9.96. The van der Waals surface area contributed by atoms with Crippen molar-refractivity contribution in [3.63, 3.8) is 0 Å². The normalized spacial score (nSPS) is 15.1. The van der Waals surface area contributed by atoms with Gasteiger partial charge in [0.25, 0.3) is 0 Å². The summed E-state index contributed by atoms with van der Waals surface area (Å²) in [7, 11) is 0. The molecule has 0 amide bonds. The van der Waals surface area contributed by atoms with Gasteiger partial charge < -0.3 is 9.15 Å². The Morgan fingerprint density at radius 1 is 1.57 bits per heavy atom. The van der Waals surface area contributed by atoms with E-state index in [2.05, 4.69) is 0 Å². The summed E-state index contributed by atoms with van der Waals surface area (Å²) >= 11 is 0. The molecule has 1 atom stereocenters. The van der Waals surface area contributed by atoms with Crippen LogP contribution in [0.1, 0.15) is 37.7 Å². The number of carbonyl (C=O) groups is 1. The molecule has 0 aliphatic heterocycles. The summed E-state index contributed by atoms with van der Waals surface area (Å²) in [5, 5.41) is 0. The standard InChI is InChI=1S/C11H16O3/c1-4-11(3,14-5-2)10(12)9-7-6-8-13-9/h6-8H,4-5H2,1-3H3. The quantitative estimate of drug-likeness (QED) is 0.679. The molecule has 1 aromatic rings. The number of hydrogen-bond donors (Lipinski definition) is 0. The third-order valence-electron chi connectivity index (χ3n) is 2.36. The number of ether oxygens (including phenoxy) is 1. The first-order valence-electron chi connectivity index (χ1n) is 4.86. The third kappa shape index (κ3) is 2.04. The highest BCUT2D eigenvalue weighted by Gasteiger charge is 2.34. The van der Waals surface area contributed by atoms with E-state index in [1.54, 1.807) is 19.1 Å². The molecule has 0 aromatic carbocycles. The molecule has 0 spiro atoms. The second-order valence-corrected chi connectivity index (χ2v) is 3.32. The second-order valence-electron chi connectivity index (χ2n) is 3.32. The molecule has 0 aliphatic rings. The van der Waals surface area contributed by atoms with Crippen LogP contribution in [0.3, 0.4) is 0 Å². The Labute approximate surface area is 84.1 Å². The topological polar surface area (TPSA) is 39.4 Å². The maximum absolute atomic E-state index is 11.9. The van der Waals surface area contributed by atoms with Crippen LogP contribution in [-0.4, -0.2) is 18.0 Å². The summed E-state index contributed by atoms with van der Waals surface area (Å²) in [6, 6.07) is 3.37. The van der Waals surface area contributed by atoms with Crippen molar-refractivity contribution >= 4 is 5.78 Å². The first-order valence-corrected chi connectivity index (χ1v) is 4.86. The molecule has 0 bridgehead atoms. The van der Waals surface area contributed by atoms with Crippen molar-refractivity contribution in [3.05, 3.63) is 24.2 Å². The highest BCUT2D eigenvalue weighted by atomic mass is 16.5. The summed E-state index contributed by atoms with van der Waals surface area (Å²) < 4.78 is 10.5. The van der Waals surface area contributed by atoms with E-state index >= 15 is 0 Å². The zero-order valence-electron chi connectivity index (χ0n) is 8.87. The van der Waals surface area contributed by atoms with Crippen LogP contribution in [0.5, 0.6) is 0 Å². The van der Waals surface area contributed by atoms with Crippen molar-refractivity contribution in [3.8, 4) is 0 Å². The van der Waals surface area contributed by atoms with Gasteiger partial charge in [0, 0.05) is 6.61 Å².